The molecule has 2 aliphatic heterocycles. The van der Waals surface area contributed by atoms with Gasteiger partial charge in [-0.15, -0.1) is 0 Å². The van der Waals surface area contributed by atoms with Crippen LogP contribution in [0.3, 0.4) is 0 Å². The molecule has 0 radical (unpaired) electrons. The number of hydrogen-bond donors (Lipinski definition) is 0. The minimum Gasteiger partial charge on any atom is -0.381 e. The number of imidazole rings is 1. The van der Waals surface area contributed by atoms with E-state index in [1.807, 2.05) is 0 Å². The van der Waals surface area contributed by atoms with E-state index in [2.05, 4.69) is 15.9 Å². The smallest absolute Gasteiger partial charge is 0.0954 e. The predicted molar refractivity (Wildman–Crippen MR) is 75.9 cm³/mol. The minimum absolute atomic E-state index is 0.0764. The Hall–Kier alpha value is -0.870. The Labute approximate surface area is 120 Å². The Morgan fingerprint density at radius 3 is 2.90 bits per heavy atom. The summed E-state index contributed by atoms with van der Waals surface area (Å²) >= 11 is 0. The van der Waals surface area contributed by atoms with Gasteiger partial charge in [0.25, 0.3) is 0 Å². The van der Waals surface area contributed by atoms with Crippen molar-refractivity contribution in [3.63, 3.8) is 0 Å². The van der Waals surface area contributed by atoms with E-state index in [0.29, 0.717) is 6.04 Å². The fraction of sp³-hybridized carbons (Fsp3) is 0.812. The highest BCUT2D eigenvalue weighted by Gasteiger charge is 2.40. The zero-order valence-electron chi connectivity index (χ0n) is 12.1. The molecule has 2 saturated heterocycles. The summed E-state index contributed by atoms with van der Waals surface area (Å²) in [6.07, 6.45) is 11.5. The van der Waals surface area contributed by atoms with Gasteiger partial charge in [0.15, 0.2) is 0 Å². The van der Waals surface area contributed by atoms with E-state index in [1.165, 1.54) is 37.1 Å². The number of aryl methyl sites for hydroxylation is 1. The van der Waals surface area contributed by atoms with Crippen molar-refractivity contribution in [2.45, 2.75) is 63.0 Å². The molecule has 1 atom stereocenters. The summed E-state index contributed by atoms with van der Waals surface area (Å²) in [5.74, 6) is 0. The second-order valence-corrected chi connectivity index (χ2v) is 6.54. The number of hydrogen-bond acceptors (Lipinski definition) is 3. The summed E-state index contributed by atoms with van der Waals surface area (Å²) in [6.45, 7) is 2.60. The molecule has 1 aliphatic carbocycles. The maximum absolute atomic E-state index is 6.17. The third-order valence-corrected chi connectivity index (χ3v) is 5.32. The topological polar surface area (TPSA) is 36.3 Å². The van der Waals surface area contributed by atoms with E-state index in [-0.39, 0.29) is 5.60 Å². The largest absolute Gasteiger partial charge is 0.381 e. The van der Waals surface area contributed by atoms with Crippen molar-refractivity contribution in [3.8, 4) is 0 Å². The van der Waals surface area contributed by atoms with Crippen LogP contribution >= 0.6 is 0 Å². The highest BCUT2D eigenvalue weighted by Crippen LogP contribution is 2.40. The van der Waals surface area contributed by atoms with Crippen LogP contribution in [0.5, 0.6) is 0 Å². The third-order valence-electron chi connectivity index (χ3n) is 5.32. The van der Waals surface area contributed by atoms with Gasteiger partial charge in [-0.3, -0.25) is 0 Å². The third kappa shape index (κ3) is 2.19. The molecule has 1 aromatic heterocycles. The van der Waals surface area contributed by atoms with Gasteiger partial charge in [-0.05, 0) is 51.4 Å². The first-order valence-corrected chi connectivity index (χ1v) is 8.13. The Morgan fingerprint density at radius 2 is 2.00 bits per heavy atom. The molecular weight excluding hydrogens is 252 g/mol. The lowest BCUT2D eigenvalue weighted by Crippen LogP contribution is -2.45. The molecular formula is C16H24N2O2. The highest BCUT2D eigenvalue weighted by molar-refractivity contribution is 5.17. The lowest BCUT2D eigenvalue weighted by Gasteiger charge is -2.44. The van der Waals surface area contributed by atoms with Crippen molar-refractivity contribution in [1.82, 2.24) is 9.55 Å². The van der Waals surface area contributed by atoms with Crippen LogP contribution in [0.1, 0.15) is 56.0 Å². The van der Waals surface area contributed by atoms with Crippen LogP contribution in [0, 0.1) is 0 Å². The van der Waals surface area contributed by atoms with Crippen LogP contribution < -0.4 is 0 Å². The zero-order chi connectivity index (χ0) is 13.4. The highest BCUT2D eigenvalue weighted by atomic mass is 16.5. The first kappa shape index (κ1) is 12.8. The lowest BCUT2D eigenvalue weighted by molar-refractivity contribution is -0.144. The van der Waals surface area contributed by atoms with Crippen molar-refractivity contribution in [1.29, 1.82) is 0 Å². The van der Waals surface area contributed by atoms with Gasteiger partial charge in [0.1, 0.15) is 0 Å². The summed E-state index contributed by atoms with van der Waals surface area (Å²) in [4.78, 5) is 4.66. The Morgan fingerprint density at radius 1 is 1.15 bits per heavy atom. The molecule has 0 bridgehead atoms. The van der Waals surface area contributed by atoms with Crippen LogP contribution in [-0.4, -0.2) is 35.0 Å². The summed E-state index contributed by atoms with van der Waals surface area (Å²) in [5, 5.41) is 0. The number of aromatic nitrogens is 2. The molecule has 3 heterocycles. The predicted octanol–water partition coefficient (Wildman–Crippen LogP) is 2.66. The standard InChI is InChI=1S/C16H24N2O2/c1-2-4-15-14(3-1)17-12-18(15)13-5-8-20-16(11-13)6-9-19-10-7-16/h12-13H,1-11H2. The van der Waals surface area contributed by atoms with E-state index in [1.54, 1.807) is 0 Å². The Bertz CT molecular complexity index is 471. The summed E-state index contributed by atoms with van der Waals surface area (Å²) in [5.41, 5.74) is 2.93. The van der Waals surface area contributed by atoms with E-state index < -0.39 is 0 Å². The molecule has 4 rings (SSSR count). The molecule has 20 heavy (non-hydrogen) atoms. The normalized spacial score (nSPS) is 29.3. The quantitative estimate of drug-likeness (QED) is 0.791. The van der Waals surface area contributed by atoms with Crippen molar-refractivity contribution < 1.29 is 9.47 Å². The van der Waals surface area contributed by atoms with Crippen LogP contribution in [0.25, 0.3) is 0 Å². The number of nitrogens with zero attached hydrogens (tertiary/aromatic N) is 2. The molecule has 1 spiro atoms. The summed E-state index contributed by atoms with van der Waals surface area (Å²) in [7, 11) is 0. The van der Waals surface area contributed by atoms with Crippen molar-refractivity contribution >= 4 is 0 Å². The Balaban J connectivity index is 1.57. The monoisotopic (exact) mass is 276 g/mol. The first-order chi connectivity index (χ1) is 9.86. The maximum atomic E-state index is 6.17. The van der Waals surface area contributed by atoms with Crippen LogP contribution in [0.4, 0.5) is 0 Å². The number of rotatable bonds is 1. The molecule has 2 fully saturated rings. The van der Waals surface area contributed by atoms with Gasteiger partial charge >= 0.3 is 0 Å². The SMILES string of the molecule is c1nc2c(n1C1CCOC3(CCOCC3)C1)CCCC2. The van der Waals surface area contributed by atoms with Gasteiger partial charge in [0.05, 0.1) is 17.6 Å². The number of fused-ring (bicyclic) bond motifs is 1. The average molecular weight is 276 g/mol. The molecule has 110 valence electrons. The van der Waals surface area contributed by atoms with Gasteiger partial charge in [-0.25, -0.2) is 4.98 Å². The van der Waals surface area contributed by atoms with Crippen molar-refractivity contribution in [2.75, 3.05) is 19.8 Å². The molecule has 3 aliphatic rings. The van der Waals surface area contributed by atoms with Gasteiger partial charge in [-0.2, -0.15) is 0 Å². The van der Waals surface area contributed by atoms with Gasteiger partial charge in [0, 0.05) is 31.6 Å². The summed E-state index contributed by atoms with van der Waals surface area (Å²) in [6, 6.07) is 0.580. The minimum atomic E-state index is 0.0764. The zero-order valence-corrected chi connectivity index (χ0v) is 12.1. The summed E-state index contributed by atoms with van der Waals surface area (Å²) < 4.78 is 14.2. The molecule has 0 amide bonds. The van der Waals surface area contributed by atoms with Crippen molar-refractivity contribution in [3.05, 3.63) is 17.7 Å². The van der Waals surface area contributed by atoms with Gasteiger partial charge in [-0.1, -0.05) is 0 Å². The van der Waals surface area contributed by atoms with Crippen LogP contribution in [0.15, 0.2) is 6.33 Å². The lowest BCUT2D eigenvalue weighted by atomic mass is 9.83. The van der Waals surface area contributed by atoms with E-state index in [9.17, 15) is 0 Å². The molecule has 0 saturated carbocycles. The molecule has 0 aromatic carbocycles. The first-order valence-electron chi connectivity index (χ1n) is 8.13. The average Bonchev–Trinajstić information content (AvgIpc) is 2.92. The molecule has 0 N–H and O–H groups in total. The Kier molecular flexibility index (Phi) is 3.31. The molecule has 1 unspecified atom stereocenters. The van der Waals surface area contributed by atoms with E-state index in [0.717, 1.165) is 45.5 Å². The van der Waals surface area contributed by atoms with Crippen LogP contribution in [0.2, 0.25) is 0 Å². The second kappa shape index (κ2) is 5.15. The van der Waals surface area contributed by atoms with Crippen LogP contribution in [-0.2, 0) is 22.3 Å². The fourth-order valence-corrected chi connectivity index (χ4v) is 4.14. The van der Waals surface area contributed by atoms with E-state index in [4.69, 9.17) is 9.47 Å². The van der Waals surface area contributed by atoms with Gasteiger partial charge in [0.2, 0.25) is 0 Å². The molecule has 1 aromatic rings. The maximum Gasteiger partial charge on any atom is 0.0954 e. The van der Waals surface area contributed by atoms with Gasteiger partial charge < -0.3 is 14.0 Å². The molecule has 4 heteroatoms. The van der Waals surface area contributed by atoms with Crippen molar-refractivity contribution in [2.24, 2.45) is 0 Å². The number of ether oxygens (including phenoxy) is 2. The second-order valence-electron chi connectivity index (χ2n) is 6.54. The fourth-order valence-electron chi connectivity index (χ4n) is 4.14. The van der Waals surface area contributed by atoms with E-state index >= 15 is 0 Å². The molecule has 4 nitrogen and oxygen atoms in total.